The fourth-order valence-corrected chi connectivity index (χ4v) is 2.45. The number of benzene rings is 2. The molecule has 0 fully saturated rings. The first-order chi connectivity index (χ1) is 12.0. The number of fused-ring (bicyclic) bond motifs is 1. The molecule has 0 bridgehead atoms. The van der Waals surface area contributed by atoms with Gasteiger partial charge in [-0.05, 0) is 51.1 Å². The van der Waals surface area contributed by atoms with Crippen LogP contribution < -0.4 is 0 Å². The highest BCUT2D eigenvalue weighted by molar-refractivity contribution is 6.13. The molecule has 0 atom stereocenters. The van der Waals surface area contributed by atoms with Crippen molar-refractivity contribution in [3.63, 3.8) is 0 Å². The van der Waals surface area contributed by atoms with E-state index in [4.69, 9.17) is 0 Å². The van der Waals surface area contributed by atoms with Crippen molar-refractivity contribution in [1.82, 2.24) is 15.0 Å². The van der Waals surface area contributed by atoms with Gasteiger partial charge in [0.05, 0.1) is 22.5 Å². The third-order valence-corrected chi connectivity index (χ3v) is 3.82. The maximum atomic E-state index is 11.5. The molecule has 1 heterocycles. The first-order valence-corrected chi connectivity index (χ1v) is 7.83. The standard InChI is InChI=1S/C19H18N4O2/c1-12-4-7-16(8-5-12)23-19-9-6-15(10-18(19)21-22-23)20-11-17(13(2)24)14(3)25/h4-11,24H,1-3H3/b17-13+,20-11?. The average molecular weight is 334 g/mol. The third-order valence-electron chi connectivity index (χ3n) is 3.82. The lowest BCUT2D eigenvalue weighted by atomic mass is 10.2. The zero-order valence-electron chi connectivity index (χ0n) is 14.3. The van der Waals surface area contributed by atoms with Gasteiger partial charge in [-0.25, -0.2) is 4.68 Å². The summed E-state index contributed by atoms with van der Waals surface area (Å²) < 4.78 is 1.76. The van der Waals surface area contributed by atoms with Crippen LogP contribution in [0.1, 0.15) is 19.4 Å². The Bertz CT molecular complexity index is 994. The molecule has 3 aromatic rings. The highest BCUT2D eigenvalue weighted by Gasteiger charge is 2.08. The minimum atomic E-state index is -0.241. The number of hydrogen-bond donors (Lipinski definition) is 1. The minimum Gasteiger partial charge on any atom is -0.512 e. The number of allylic oxidation sites excluding steroid dienone is 2. The van der Waals surface area contributed by atoms with Gasteiger partial charge in [0.25, 0.3) is 0 Å². The Hall–Kier alpha value is -3.28. The van der Waals surface area contributed by atoms with Gasteiger partial charge >= 0.3 is 0 Å². The van der Waals surface area contributed by atoms with Crippen LogP contribution in [0.3, 0.4) is 0 Å². The van der Waals surface area contributed by atoms with Crippen LogP contribution in [-0.4, -0.2) is 32.1 Å². The summed E-state index contributed by atoms with van der Waals surface area (Å²) in [5, 5.41) is 17.9. The number of aliphatic hydroxyl groups excluding tert-OH is 1. The van der Waals surface area contributed by atoms with Crippen LogP contribution in [0.5, 0.6) is 0 Å². The smallest absolute Gasteiger partial charge is 0.164 e. The van der Waals surface area contributed by atoms with Gasteiger partial charge in [0.15, 0.2) is 5.78 Å². The summed E-state index contributed by atoms with van der Waals surface area (Å²) in [6.07, 6.45) is 1.36. The van der Waals surface area contributed by atoms with Crippen molar-refractivity contribution in [3.8, 4) is 5.69 Å². The number of aryl methyl sites for hydroxylation is 1. The minimum absolute atomic E-state index is 0.0531. The number of hydrogen-bond acceptors (Lipinski definition) is 5. The Morgan fingerprint density at radius 3 is 2.52 bits per heavy atom. The normalized spacial score (nSPS) is 12.6. The number of aromatic nitrogens is 3. The molecule has 0 saturated carbocycles. The number of Topliss-reactive ketones (excluding diaryl/α,β-unsaturated/α-hetero) is 1. The van der Waals surface area contributed by atoms with Gasteiger partial charge in [-0.15, -0.1) is 5.10 Å². The molecule has 1 aromatic heterocycles. The molecule has 126 valence electrons. The molecule has 0 aliphatic rings. The highest BCUT2D eigenvalue weighted by Crippen LogP contribution is 2.22. The van der Waals surface area contributed by atoms with E-state index in [9.17, 15) is 9.90 Å². The maximum Gasteiger partial charge on any atom is 0.164 e. The maximum absolute atomic E-state index is 11.5. The van der Waals surface area contributed by atoms with Crippen molar-refractivity contribution in [3.05, 3.63) is 59.4 Å². The second-order valence-electron chi connectivity index (χ2n) is 5.82. The summed E-state index contributed by atoms with van der Waals surface area (Å²) >= 11 is 0. The SMILES string of the molecule is CC(=O)/C(C=Nc1ccc2c(c1)nnn2-c1ccc(C)cc1)=C(\C)O. The Balaban J connectivity index is 1.96. The molecule has 0 spiro atoms. The highest BCUT2D eigenvalue weighted by atomic mass is 16.3. The van der Waals surface area contributed by atoms with Crippen molar-refractivity contribution < 1.29 is 9.90 Å². The van der Waals surface area contributed by atoms with Gasteiger partial charge in [-0.1, -0.05) is 22.9 Å². The van der Waals surface area contributed by atoms with Crippen LogP contribution >= 0.6 is 0 Å². The van der Waals surface area contributed by atoms with Gasteiger partial charge in [0.1, 0.15) is 11.3 Å². The number of carbonyl (C=O) groups excluding carboxylic acids is 1. The molecule has 0 aliphatic heterocycles. The molecule has 0 radical (unpaired) electrons. The predicted molar refractivity (Wildman–Crippen MR) is 97.8 cm³/mol. The van der Waals surface area contributed by atoms with E-state index in [2.05, 4.69) is 15.3 Å². The Labute approximate surface area is 145 Å². The van der Waals surface area contributed by atoms with E-state index in [-0.39, 0.29) is 17.1 Å². The second-order valence-corrected chi connectivity index (χ2v) is 5.82. The van der Waals surface area contributed by atoms with E-state index in [0.29, 0.717) is 11.2 Å². The molecule has 0 unspecified atom stereocenters. The van der Waals surface area contributed by atoms with Crippen molar-refractivity contribution in [1.29, 1.82) is 0 Å². The average Bonchev–Trinajstić information content (AvgIpc) is 2.98. The van der Waals surface area contributed by atoms with Crippen LogP contribution in [0.15, 0.2) is 58.8 Å². The lowest BCUT2D eigenvalue weighted by molar-refractivity contribution is -0.113. The molecule has 0 amide bonds. The molecular formula is C19H18N4O2. The third kappa shape index (κ3) is 3.47. The quantitative estimate of drug-likeness (QED) is 0.446. The number of aliphatic hydroxyl groups is 1. The van der Waals surface area contributed by atoms with E-state index >= 15 is 0 Å². The van der Waals surface area contributed by atoms with E-state index in [0.717, 1.165) is 11.2 Å². The van der Waals surface area contributed by atoms with Crippen molar-refractivity contribution >= 4 is 28.7 Å². The number of nitrogens with zero attached hydrogens (tertiary/aromatic N) is 4. The Morgan fingerprint density at radius 2 is 1.88 bits per heavy atom. The van der Waals surface area contributed by atoms with E-state index in [1.165, 1.54) is 25.6 Å². The summed E-state index contributed by atoms with van der Waals surface area (Å²) in [5.74, 6) is -0.294. The number of rotatable bonds is 4. The lowest BCUT2D eigenvalue weighted by Crippen LogP contribution is -2.01. The molecule has 6 heteroatoms. The molecular weight excluding hydrogens is 316 g/mol. The lowest BCUT2D eigenvalue weighted by Gasteiger charge is -2.03. The van der Waals surface area contributed by atoms with E-state index in [1.807, 2.05) is 43.3 Å². The molecule has 0 saturated heterocycles. The van der Waals surface area contributed by atoms with E-state index in [1.54, 1.807) is 10.7 Å². The number of ketones is 1. The Morgan fingerprint density at radius 1 is 1.16 bits per heavy atom. The van der Waals surface area contributed by atoms with Crippen LogP contribution in [0.25, 0.3) is 16.7 Å². The van der Waals surface area contributed by atoms with Crippen LogP contribution in [0, 0.1) is 6.92 Å². The van der Waals surface area contributed by atoms with Gasteiger partial charge in [-0.3, -0.25) is 9.79 Å². The molecule has 25 heavy (non-hydrogen) atoms. The topological polar surface area (TPSA) is 80.4 Å². The van der Waals surface area contributed by atoms with Gasteiger partial charge in [-0.2, -0.15) is 0 Å². The summed E-state index contributed by atoms with van der Waals surface area (Å²) in [6.45, 7) is 4.88. The molecule has 1 N–H and O–H groups in total. The number of aliphatic imine (C=N–C) groups is 1. The molecule has 2 aromatic carbocycles. The van der Waals surface area contributed by atoms with Crippen LogP contribution in [-0.2, 0) is 4.79 Å². The van der Waals surface area contributed by atoms with Crippen molar-refractivity contribution in [2.45, 2.75) is 20.8 Å². The van der Waals surface area contributed by atoms with Crippen molar-refractivity contribution in [2.24, 2.45) is 4.99 Å². The van der Waals surface area contributed by atoms with Crippen molar-refractivity contribution in [2.75, 3.05) is 0 Å². The second kappa shape index (κ2) is 6.68. The zero-order chi connectivity index (χ0) is 18.0. The summed E-state index contributed by atoms with van der Waals surface area (Å²) in [4.78, 5) is 15.7. The molecule has 6 nitrogen and oxygen atoms in total. The monoisotopic (exact) mass is 334 g/mol. The van der Waals surface area contributed by atoms with Gasteiger partial charge < -0.3 is 5.11 Å². The largest absolute Gasteiger partial charge is 0.512 e. The molecule has 3 rings (SSSR count). The van der Waals surface area contributed by atoms with Crippen LogP contribution in [0.2, 0.25) is 0 Å². The Kier molecular flexibility index (Phi) is 4.43. The first kappa shape index (κ1) is 16.6. The predicted octanol–water partition coefficient (Wildman–Crippen LogP) is 3.85. The fourth-order valence-electron chi connectivity index (χ4n) is 2.45. The summed E-state index contributed by atoms with van der Waals surface area (Å²) in [7, 11) is 0. The van der Waals surface area contributed by atoms with Gasteiger partial charge in [0, 0.05) is 6.21 Å². The zero-order valence-corrected chi connectivity index (χ0v) is 14.3. The first-order valence-electron chi connectivity index (χ1n) is 7.83. The fraction of sp³-hybridized carbons (Fsp3) is 0.158. The van der Waals surface area contributed by atoms with E-state index < -0.39 is 0 Å². The van der Waals surface area contributed by atoms with Gasteiger partial charge in [0.2, 0.25) is 0 Å². The molecule has 0 aliphatic carbocycles. The summed E-state index contributed by atoms with van der Waals surface area (Å²) in [5.41, 5.74) is 4.49. The van der Waals surface area contributed by atoms with Crippen LogP contribution in [0.4, 0.5) is 5.69 Å². The summed E-state index contributed by atoms with van der Waals surface area (Å²) in [6, 6.07) is 13.5. The number of carbonyl (C=O) groups is 1.